The fourth-order valence-electron chi connectivity index (χ4n) is 2.95. The van der Waals surface area contributed by atoms with Crippen LogP contribution in [0.5, 0.6) is 5.75 Å². The summed E-state index contributed by atoms with van der Waals surface area (Å²) in [6.07, 6.45) is 3.03. The maximum atomic E-state index is 12.9. The van der Waals surface area contributed by atoms with Crippen molar-refractivity contribution >= 4 is 40.2 Å². The zero-order valence-electron chi connectivity index (χ0n) is 18.5. The van der Waals surface area contributed by atoms with Crippen LogP contribution in [0.2, 0.25) is 0 Å². The standard InChI is InChI=1S/C23H28N2O5S/c1-6-25(7-2)22(27)20-15(4)19(23(28)30-8-3)21(31-20)24-18(26)14-11-16-9-12-17(29-5)13-10-16/h9-14H,6-8H2,1-5H3,(H,24,26). The number of nitrogens with zero attached hydrogens (tertiary/aromatic N) is 1. The van der Waals surface area contributed by atoms with Crippen LogP contribution < -0.4 is 10.1 Å². The predicted octanol–water partition coefficient (Wildman–Crippen LogP) is 4.38. The number of esters is 1. The van der Waals surface area contributed by atoms with E-state index in [1.54, 1.807) is 44.1 Å². The Kier molecular flexibility index (Phi) is 8.81. The van der Waals surface area contributed by atoms with Crippen LogP contribution in [-0.4, -0.2) is 49.5 Å². The van der Waals surface area contributed by atoms with Crippen LogP contribution in [0.4, 0.5) is 5.00 Å². The monoisotopic (exact) mass is 444 g/mol. The molecule has 1 aromatic heterocycles. The van der Waals surface area contributed by atoms with Crippen molar-refractivity contribution in [3.8, 4) is 5.75 Å². The molecule has 0 spiro atoms. The topological polar surface area (TPSA) is 84.9 Å². The lowest BCUT2D eigenvalue weighted by Gasteiger charge is -2.18. The average molecular weight is 445 g/mol. The van der Waals surface area contributed by atoms with E-state index in [1.807, 2.05) is 26.0 Å². The third-order valence-corrected chi connectivity index (χ3v) is 5.85. The summed E-state index contributed by atoms with van der Waals surface area (Å²) in [6, 6.07) is 7.24. The lowest BCUT2D eigenvalue weighted by Crippen LogP contribution is -2.30. The predicted molar refractivity (Wildman–Crippen MR) is 123 cm³/mol. The fraction of sp³-hybridized carbons (Fsp3) is 0.348. The highest BCUT2D eigenvalue weighted by molar-refractivity contribution is 7.18. The first kappa shape index (κ1) is 24.1. The van der Waals surface area contributed by atoms with E-state index in [0.29, 0.717) is 28.5 Å². The third-order valence-electron chi connectivity index (χ3n) is 4.65. The SMILES string of the molecule is CCOC(=O)c1c(NC(=O)C=Cc2ccc(OC)cc2)sc(C(=O)N(CC)CC)c1C. The normalized spacial score (nSPS) is 10.7. The largest absolute Gasteiger partial charge is 0.497 e. The Labute approximate surface area is 186 Å². The smallest absolute Gasteiger partial charge is 0.341 e. The molecule has 0 aliphatic carbocycles. The van der Waals surface area contributed by atoms with Crippen molar-refractivity contribution in [1.29, 1.82) is 0 Å². The summed E-state index contributed by atoms with van der Waals surface area (Å²) >= 11 is 1.09. The number of rotatable bonds is 9. The molecule has 1 N–H and O–H groups in total. The number of carbonyl (C=O) groups excluding carboxylic acids is 3. The van der Waals surface area contributed by atoms with Crippen LogP contribution in [-0.2, 0) is 9.53 Å². The van der Waals surface area contributed by atoms with Crippen LogP contribution in [0.3, 0.4) is 0 Å². The summed E-state index contributed by atoms with van der Waals surface area (Å²) in [5.74, 6) is -0.429. The molecule has 0 aliphatic rings. The van der Waals surface area contributed by atoms with Gasteiger partial charge in [0.2, 0.25) is 5.91 Å². The van der Waals surface area contributed by atoms with Gasteiger partial charge in [0.15, 0.2) is 0 Å². The van der Waals surface area contributed by atoms with Gasteiger partial charge in [-0.05, 0) is 57.0 Å². The average Bonchev–Trinajstić information content (AvgIpc) is 3.09. The Morgan fingerprint density at radius 1 is 1.10 bits per heavy atom. The van der Waals surface area contributed by atoms with E-state index >= 15 is 0 Å². The zero-order valence-corrected chi connectivity index (χ0v) is 19.3. The molecule has 0 atom stereocenters. The summed E-state index contributed by atoms with van der Waals surface area (Å²) in [7, 11) is 1.58. The summed E-state index contributed by atoms with van der Waals surface area (Å²) in [5, 5.41) is 3.03. The quantitative estimate of drug-likeness (QED) is 0.458. The van der Waals surface area contributed by atoms with E-state index in [-0.39, 0.29) is 18.1 Å². The summed E-state index contributed by atoms with van der Waals surface area (Å²) in [5.41, 5.74) is 1.55. The van der Waals surface area contributed by atoms with Gasteiger partial charge in [0.1, 0.15) is 10.8 Å². The maximum absolute atomic E-state index is 12.9. The molecular formula is C23H28N2O5S. The number of amides is 2. The van der Waals surface area contributed by atoms with Gasteiger partial charge in [0.05, 0.1) is 24.2 Å². The molecule has 0 fully saturated rings. The number of benzene rings is 1. The molecule has 0 radical (unpaired) electrons. The molecule has 166 valence electrons. The van der Waals surface area contributed by atoms with Crippen molar-refractivity contribution in [3.63, 3.8) is 0 Å². The van der Waals surface area contributed by atoms with Gasteiger partial charge >= 0.3 is 5.97 Å². The van der Waals surface area contributed by atoms with Crippen LogP contribution >= 0.6 is 11.3 Å². The van der Waals surface area contributed by atoms with Crippen LogP contribution in [0.15, 0.2) is 30.3 Å². The van der Waals surface area contributed by atoms with Crippen molar-refractivity contribution in [2.75, 3.05) is 32.1 Å². The number of nitrogens with one attached hydrogen (secondary N) is 1. The van der Waals surface area contributed by atoms with Gasteiger partial charge in [-0.15, -0.1) is 11.3 Å². The Balaban J connectivity index is 2.31. The highest BCUT2D eigenvalue weighted by atomic mass is 32.1. The molecule has 0 bridgehead atoms. The molecule has 7 nitrogen and oxygen atoms in total. The van der Waals surface area contributed by atoms with Gasteiger partial charge in [-0.2, -0.15) is 0 Å². The second-order valence-electron chi connectivity index (χ2n) is 6.55. The highest BCUT2D eigenvalue weighted by Gasteiger charge is 2.28. The molecule has 8 heteroatoms. The van der Waals surface area contributed by atoms with Crippen LogP contribution in [0, 0.1) is 6.92 Å². The van der Waals surface area contributed by atoms with E-state index in [0.717, 1.165) is 22.6 Å². The van der Waals surface area contributed by atoms with Gasteiger partial charge in [0, 0.05) is 19.2 Å². The van der Waals surface area contributed by atoms with E-state index in [9.17, 15) is 14.4 Å². The number of hydrogen-bond acceptors (Lipinski definition) is 6. The van der Waals surface area contributed by atoms with Crippen LogP contribution in [0.1, 0.15) is 51.9 Å². The molecule has 2 aromatic rings. The first-order chi connectivity index (χ1) is 14.9. The Morgan fingerprint density at radius 2 is 1.74 bits per heavy atom. The Bertz CT molecular complexity index is 959. The van der Waals surface area contributed by atoms with Gasteiger partial charge in [-0.1, -0.05) is 12.1 Å². The minimum absolute atomic E-state index is 0.174. The van der Waals surface area contributed by atoms with Gasteiger partial charge in [-0.3, -0.25) is 9.59 Å². The van der Waals surface area contributed by atoms with Crippen molar-refractivity contribution in [2.45, 2.75) is 27.7 Å². The molecule has 1 heterocycles. The van der Waals surface area contributed by atoms with E-state index in [1.165, 1.54) is 6.08 Å². The molecule has 1 aromatic carbocycles. The molecule has 0 saturated heterocycles. The second-order valence-corrected chi connectivity index (χ2v) is 7.57. The first-order valence-corrected chi connectivity index (χ1v) is 10.9. The van der Waals surface area contributed by atoms with Crippen LogP contribution in [0.25, 0.3) is 6.08 Å². The summed E-state index contributed by atoms with van der Waals surface area (Å²) < 4.78 is 10.3. The van der Waals surface area contributed by atoms with Crippen molar-refractivity contribution in [3.05, 3.63) is 51.9 Å². The Morgan fingerprint density at radius 3 is 2.29 bits per heavy atom. The first-order valence-electron chi connectivity index (χ1n) is 10.1. The molecule has 2 amide bonds. The number of ether oxygens (including phenoxy) is 2. The lowest BCUT2D eigenvalue weighted by atomic mass is 10.1. The molecule has 31 heavy (non-hydrogen) atoms. The molecule has 0 unspecified atom stereocenters. The highest BCUT2D eigenvalue weighted by Crippen LogP contribution is 2.34. The number of hydrogen-bond donors (Lipinski definition) is 1. The molecule has 0 aliphatic heterocycles. The van der Waals surface area contributed by atoms with Crippen molar-refractivity contribution < 1.29 is 23.9 Å². The molecular weight excluding hydrogens is 416 g/mol. The number of anilines is 1. The lowest BCUT2D eigenvalue weighted by molar-refractivity contribution is -0.111. The van der Waals surface area contributed by atoms with Crippen molar-refractivity contribution in [2.24, 2.45) is 0 Å². The van der Waals surface area contributed by atoms with Crippen molar-refractivity contribution in [1.82, 2.24) is 4.90 Å². The second kappa shape index (κ2) is 11.3. The van der Waals surface area contributed by atoms with Gasteiger partial charge in [-0.25, -0.2) is 4.79 Å². The third kappa shape index (κ3) is 5.95. The summed E-state index contributed by atoms with van der Waals surface area (Å²) in [4.78, 5) is 40.0. The van der Waals surface area contributed by atoms with E-state index < -0.39 is 11.9 Å². The van der Waals surface area contributed by atoms with E-state index in [4.69, 9.17) is 9.47 Å². The number of thiophene rings is 1. The Hall–Kier alpha value is -3.13. The van der Waals surface area contributed by atoms with Gasteiger partial charge < -0.3 is 19.7 Å². The summed E-state index contributed by atoms with van der Waals surface area (Å²) in [6.45, 7) is 8.48. The minimum atomic E-state index is -0.565. The molecule has 0 saturated carbocycles. The van der Waals surface area contributed by atoms with Gasteiger partial charge in [0.25, 0.3) is 5.91 Å². The number of methoxy groups -OCH3 is 1. The fourth-order valence-corrected chi connectivity index (χ4v) is 4.12. The minimum Gasteiger partial charge on any atom is -0.497 e. The zero-order chi connectivity index (χ0) is 23.0. The molecule has 2 rings (SSSR count). The number of carbonyl (C=O) groups is 3. The van der Waals surface area contributed by atoms with E-state index in [2.05, 4.69) is 5.32 Å². The maximum Gasteiger partial charge on any atom is 0.341 e.